The zero-order valence-electron chi connectivity index (χ0n) is 19.2. The minimum Gasteiger partial charge on any atom is -0.508 e. The lowest BCUT2D eigenvalue weighted by atomic mass is 10.2. The molecule has 1 unspecified atom stereocenters. The van der Waals surface area contributed by atoms with Crippen LogP contribution in [0, 0.1) is 0 Å². The number of amidine groups is 1. The molecular formula is C25H22N4O6S. The molecule has 1 saturated heterocycles. The second kappa shape index (κ2) is 11.4. The van der Waals surface area contributed by atoms with E-state index in [1.165, 1.54) is 29.5 Å². The zero-order valence-corrected chi connectivity index (χ0v) is 20.0. The summed E-state index contributed by atoms with van der Waals surface area (Å²) in [6, 6.07) is 15.8. The van der Waals surface area contributed by atoms with Gasteiger partial charge in [-0.05, 0) is 67.6 Å². The van der Waals surface area contributed by atoms with Crippen LogP contribution in [0.25, 0.3) is 0 Å². The Bertz CT molecular complexity index is 1290. The van der Waals surface area contributed by atoms with Crippen LogP contribution < -0.4 is 10.2 Å². The number of phenolic OH excluding ortho intramolecular Hbond substituents is 1. The first kappa shape index (κ1) is 24.7. The van der Waals surface area contributed by atoms with Crippen molar-refractivity contribution in [1.82, 2.24) is 0 Å². The molecule has 0 aliphatic carbocycles. The number of nitrogens with one attached hydrogen (secondary N) is 1. The minimum atomic E-state index is -0.741. The molecule has 2 aromatic carbocycles. The summed E-state index contributed by atoms with van der Waals surface area (Å²) in [5, 5.41) is 20.1. The topological polar surface area (TPSA) is 134 Å². The number of ether oxygens (including phenoxy) is 1. The second-order valence-electron chi connectivity index (χ2n) is 7.49. The van der Waals surface area contributed by atoms with Crippen molar-refractivity contribution >= 4 is 52.3 Å². The standard InChI is InChI=1S/C25H22N4O6S/c1-2-34-24(33)16-5-7-17(8-6-16)27-22(31)14-21-23(32)29(18-9-11-19(30)12-10-18)25(36-21)28-26-15-20-4-3-13-35-20/h3-13,15,21,30H,2,14H2,1H3,(H,27,31)/b26-15+,28-25+. The van der Waals surface area contributed by atoms with E-state index in [4.69, 9.17) is 9.15 Å². The monoisotopic (exact) mass is 506 g/mol. The number of aromatic hydroxyl groups is 1. The number of thioether (sulfide) groups is 1. The molecule has 0 spiro atoms. The Morgan fingerprint density at radius 1 is 1.17 bits per heavy atom. The van der Waals surface area contributed by atoms with Gasteiger partial charge >= 0.3 is 5.97 Å². The smallest absolute Gasteiger partial charge is 0.338 e. The third kappa shape index (κ3) is 5.99. The molecule has 11 heteroatoms. The van der Waals surface area contributed by atoms with Gasteiger partial charge in [-0.3, -0.25) is 14.5 Å². The fraction of sp³-hybridized carbons (Fsp3) is 0.160. The molecule has 36 heavy (non-hydrogen) atoms. The van der Waals surface area contributed by atoms with Gasteiger partial charge in [0.15, 0.2) is 5.17 Å². The van der Waals surface area contributed by atoms with Gasteiger partial charge in [0.25, 0.3) is 0 Å². The molecule has 2 N–H and O–H groups in total. The summed E-state index contributed by atoms with van der Waals surface area (Å²) in [4.78, 5) is 39.1. The van der Waals surface area contributed by atoms with Crippen LogP contribution in [0.2, 0.25) is 0 Å². The first-order valence-electron chi connectivity index (χ1n) is 11.0. The van der Waals surface area contributed by atoms with Gasteiger partial charge in [-0.2, -0.15) is 5.10 Å². The maximum Gasteiger partial charge on any atom is 0.338 e. The van der Waals surface area contributed by atoms with Crippen LogP contribution in [0.3, 0.4) is 0 Å². The first-order valence-corrected chi connectivity index (χ1v) is 11.8. The Morgan fingerprint density at radius 2 is 1.92 bits per heavy atom. The molecule has 184 valence electrons. The van der Waals surface area contributed by atoms with Gasteiger partial charge in [-0.25, -0.2) is 4.79 Å². The number of hydrogen-bond acceptors (Lipinski definition) is 9. The molecule has 2 heterocycles. The Morgan fingerprint density at radius 3 is 2.58 bits per heavy atom. The van der Waals surface area contributed by atoms with Crippen molar-refractivity contribution in [2.45, 2.75) is 18.6 Å². The molecule has 1 aromatic heterocycles. The quantitative estimate of drug-likeness (QED) is 0.268. The van der Waals surface area contributed by atoms with E-state index in [2.05, 4.69) is 15.5 Å². The van der Waals surface area contributed by atoms with Gasteiger partial charge in [-0.15, -0.1) is 5.10 Å². The number of amides is 2. The average molecular weight is 507 g/mol. The largest absolute Gasteiger partial charge is 0.508 e. The molecule has 0 saturated carbocycles. The van der Waals surface area contributed by atoms with Crippen molar-refractivity contribution in [3.05, 3.63) is 78.3 Å². The number of anilines is 2. The van der Waals surface area contributed by atoms with Crippen molar-refractivity contribution < 1.29 is 28.6 Å². The molecule has 2 amide bonds. The normalized spacial score (nSPS) is 16.6. The van der Waals surface area contributed by atoms with Crippen molar-refractivity contribution in [1.29, 1.82) is 0 Å². The minimum absolute atomic E-state index is 0.0530. The summed E-state index contributed by atoms with van der Waals surface area (Å²) in [6.45, 7) is 1.99. The molecule has 3 aromatic rings. The second-order valence-corrected chi connectivity index (χ2v) is 8.66. The third-order valence-corrected chi connectivity index (χ3v) is 6.09. The number of phenols is 1. The van der Waals surface area contributed by atoms with Gasteiger partial charge in [0.05, 0.1) is 30.3 Å². The van der Waals surface area contributed by atoms with E-state index >= 15 is 0 Å². The van der Waals surface area contributed by atoms with Gasteiger partial charge < -0.3 is 19.6 Å². The Labute approximate surface area is 210 Å². The highest BCUT2D eigenvalue weighted by Gasteiger charge is 2.40. The maximum atomic E-state index is 13.2. The first-order chi connectivity index (χ1) is 17.4. The number of nitrogens with zero attached hydrogens (tertiary/aromatic N) is 3. The fourth-order valence-corrected chi connectivity index (χ4v) is 4.38. The Kier molecular flexibility index (Phi) is 7.81. The lowest BCUT2D eigenvalue weighted by Gasteiger charge is -2.15. The molecule has 1 aliphatic rings. The summed E-state index contributed by atoms with van der Waals surface area (Å²) in [5.41, 5.74) is 1.34. The van der Waals surface area contributed by atoms with Crippen molar-refractivity contribution in [2.75, 3.05) is 16.8 Å². The summed E-state index contributed by atoms with van der Waals surface area (Å²) in [5.74, 6) is -0.618. The van der Waals surface area contributed by atoms with Crippen LogP contribution in [-0.4, -0.2) is 46.1 Å². The van der Waals surface area contributed by atoms with E-state index in [1.54, 1.807) is 55.5 Å². The lowest BCUT2D eigenvalue weighted by molar-refractivity contribution is -0.121. The summed E-state index contributed by atoms with van der Waals surface area (Å²) >= 11 is 1.11. The predicted octanol–water partition coefficient (Wildman–Crippen LogP) is 4.03. The predicted molar refractivity (Wildman–Crippen MR) is 136 cm³/mol. The van der Waals surface area contributed by atoms with Crippen LogP contribution >= 0.6 is 11.8 Å². The number of furan rings is 1. The van der Waals surface area contributed by atoms with E-state index in [0.29, 0.717) is 22.7 Å². The van der Waals surface area contributed by atoms with Crippen LogP contribution in [0.1, 0.15) is 29.5 Å². The van der Waals surface area contributed by atoms with Crippen molar-refractivity contribution in [3.63, 3.8) is 0 Å². The SMILES string of the molecule is CCOC(=O)c1ccc(NC(=O)CC2S/C(=N/N=C/c3ccco3)N(c3ccc(O)cc3)C2=O)cc1. The maximum absolute atomic E-state index is 13.2. The zero-order chi connectivity index (χ0) is 25.5. The van der Waals surface area contributed by atoms with Gasteiger partial charge in [0.2, 0.25) is 11.8 Å². The molecular weight excluding hydrogens is 484 g/mol. The Balaban J connectivity index is 1.47. The van der Waals surface area contributed by atoms with Crippen LogP contribution in [0.15, 0.2) is 81.5 Å². The molecule has 0 radical (unpaired) electrons. The highest BCUT2D eigenvalue weighted by atomic mass is 32.2. The van der Waals surface area contributed by atoms with Gasteiger partial charge in [0.1, 0.15) is 16.8 Å². The highest BCUT2D eigenvalue weighted by molar-refractivity contribution is 8.16. The Hall–Kier alpha value is -4.38. The number of rotatable bonds is 8. The molecule has 1 fully saturated rings. The highest BCUT2D eigenvalue weighted by Crippen LogP contribution is 2.34. The average Bonchev–Trinajstić information content (AvgIpc) is 3.49. The van der Waals surface area contributed by atoms with Crippen LogP contribution in [0.4, 0.5) is 11.4 Å². The lowest BCUT2D eigenvalue weighted by Crippen LogP contribution is -2.33. The summed E-state index contributed by atoms with van der Waals surface area (Å²) in [7, 11) is 0. The van der Waals surface area contributed by atoms with Crippen LogP contribution in [-0.2, 0) is 14.3 Å². The van der Waals surface area contributed by atoms with Gasteiger partial charge in [-0.1, -0.05) is 11.8 Å². The van der Waals surface area contributed by atoms with Crippen molar-refractivity contribution in [2.24, 2.45) is 10.2 Å². The number of carbonyl (C=O) groups is 3. The molecule has 1 atom stereocenters. The summed E-state index contributed by atoms with van der Waals surface area (Å²) < 4.78 is 10.1. The molecule has 0 bridgehead atoms. The van der Waals surface area contributed by atoms with Crippen LogP contribution in [0.5, 0.6) is 5.75 Å². The van der Waals surface area contributed by atoms with E-state index in [0.717, 1.165) is 11.8 Å². The van der Waals surface area contributed by atoms with Crippen molar-refractivity contribution in [3.8, 4) is 5.75 Å². The molecule has 1 aliphatic heterocycles. The summed E-state index contributed by atoms with van der Waals surface area (Å²) in [6.07, 6.45) is 2.80. The fourth-order valence-electron chi connectivity index (χ4n) is 3.29. The number of benzene rings is 2. The number of esters is 1. The third-order valence-electron chi connectivity index (χ3n) is 4.96. The van der Waals surface area contributed by atoms with Gasteiger partial charge in [0, 0.05) is 12.1 Å². The molecule has 10 nitrogen and oxygen atoms in total. The molecule has 4 rings (SSSR count). The van der Waals surface area contributed by atoms with E-state index in [9.17, 15) is 19.5 Å². The number of carbonyl (C=O) groups excluding carboxylic acids is 3. The van der Waals surface area contributed by atoms with E-state index in [-0.39, 0.29) is 35.8 Å². The van der Waals surface area contributed by atoms with E-state index < -0.39 is 11.2 Å². The number of hydrogen-bond donors (Lipinski definition) is 2. The van der Waals surface area contributed by atoms with E-state index in [1.807, 2.05) is 0 Å².